The molecular formula is C32H28B2O9. The van der Waals surface area contributed by atoms with Crippen LogP contribution in [0.5, 0.6) is 0 Å². The van der Waals surface area contributed by atoms with Gasteiger partial charge in [-0.25, -0.2) is 0 Å². The van der Waals surface area contributed by atoms with E-state index in [0.29, 0.717) is 22.3 Å². The van der Waals surface area contributed by atoms with Gasteiger partial charge in [-0.3, -0.25) is 19.2 Å². The standard InChI is InChI=1S/C32H28B2O9/c35-29(39-21-25-13-5-1-6-14-25)33(30(36)40-22-26-15-7-2-8-16-26)43-34(31(37)41-23-27-17-9-3-10-18-27)32(38)42-24-28-19-11-4-12-20-28/h1-20H,21-24H2. The second-order valence-corrected chi connectivity index (χ2v) is 9.27. The van der Waals surface area contributed by atoms with Crippen LogP contribution in [0.4, 0.5) is 19.2 Å². The van der Waals surface area contributed by atoms with Crippen molar-refractivity contribution in [2.75, 3.05) is 0 Å². The highest BCUT2D eigenvalue weighted by Gasteiger charge is 2.49. The third-order valence-electron chi connectivity index (χ3n) is 6.02. The van der Waals surface area contributed by atoms with Crippen LogP contribution in [0.3, 0.4) is 0 Å². The maximum atomic E-state index is 13.2. The summed E-state index contributed by atoms with van der Waals surface area (Å²) in [5.74, 6) is -4.62. The topological polar surface area (TPSA) is 114 Å². The molecule has 11 heteroatoms. The van der Waals surface area contributed by atoms with E-state index in [4.69, 9.17) is 23.5 Å². The first kappa shape index (κ1) is 30.8. The molecule has 0 aromatic heterocycles. The van der Waals surface area contributed by atoms with Crippen LogP contribution in [0, 0.1) is 0 Å². The fourth-order valence-corrected chi connectivity index (χ4v) is 3.77. The Bertz CT molecular complexity index is 1250. The first-order chi connectivity index (χ1) is 21.0. The normalized spacial score (nSPS) is 10.2. The van der Waals surface area contributed by atoms with Crippen molar-refractivity contribution >= 4 is 37.3 Å². The van der Waals surface area contributed by atoms with Crippen LogP contribution in [0.25, 0.3) is 0 Å². The summed E-state index contributed by atoms with van der Waals surface area (Å²) in [4.78, 5) is 52.6. The largest absolute Gasteiger partial charge is 0.536 e. The van der Waals surface area contributed by atoms with Gasteiger partial charge >= 0.3 is 37.3 Å². The number of ether oxygens (including phenoxy) is 4. The Balaban J connectivity index is 1.52. The van der Waals surface area contributed by atoms with E-state index in [2.05, 4.69) is 0 Å². The molecule has 43 heavy (non-hydrogen) atoms. The van der Waals surface area contributed by atoms with E-state index in [1.54, 1.807) is 121 Å². The van der Waals surface area contributed by atoms with Crippen LogP contribution in [-0.4, -0.2) is 37.3 Å². The summed E-state index contributed by atoms with van der Waals surface area (Å²) in [5.41, 5.74) is 2.59. The van der Waals surface area contributed by atoms with Gasteiger partial charge in [-0.05, 0) is 22.3 Å². The van der Waals surface area contributed by atoms with Gasteiger partial charge in [-0.2, -0.15) is 0 Å². The lowest BCUT2D eigenvalue weighted by Gasteiger charge is -2.18. The van der Waals surface area contributed by atoms with Crippen LogP contribution in [0.15, 0.2) is 121 Å². The highest BCUT2D eigenvalue weighted by atomic mass is 16.6. The minimum atomic E-state index is -2.09. The van der Waals surface area contributed by atoms with E-state index >= 15 is 0 Å². The molecule has 0 aliphatic heterocycles. The SMILES string of the molecule is O=C(OCc1ccccc1)B(OB(C(=O)OCc1ccccc1)C(=O)OCc1ccccc1)C(=O)OCc1ccccc1. The predicted molar refractivity (Wildman–Crippen MR) is 159 cm³/mol. The first-order valence-electron chi connectivity index (χ1n) is 13.5. The average Bonchev–Trinajstić information content (AvgIpc) is 3.06. The number of hydrogen-bond acceptors (Lipinski definition) is 9. The summed E-state index contributed by atoms with van der Waals surface area (Å²) < 4.78 is 26.8. The Morgan fingerprint density at radius 1 is 0.372 bits per heavy atom. The Labute approximate surface area is 249 Å². The zero-order valence-electron chi connectivity index (χ0n) is 23.2. The maximum Gasteiger partial charge on any atom is 0.536 e. The van der Waals surface area contributed by atoms with Gasteiger partial charge in [0.15, 0.2) is 0 Å². The monoisotopic (exact) mass is 578 g/mol. The van der Waals surface area contributed by atoms with Gasteiger partial charge in [-0.1, -0.05) is 121 Å². The third-order valence-corrected chi connectivity index (χ3v) is 6.02. The fourth-order valence-electron chi connectivity index (χ4n) is 3.77. The minimum absolute atomic E-state index is 0.187. The molecule has 0 bridgehead atoms. The lowest BCUT2D eigenvalue weighted by atomic mass is 9.58. The van der Waals surface area contributed by atoms with Crippen LogP contribution >= 0.6 is 0 Å². The van der Waals surface area contributed by atoms with Gasteiger partial charge in [0.05, 0.1) is 0 Å². The minimum Gasteiger partial charge on any atom is -0.466 e. The van der Waals surface area contributed by atoms with E-state index in [-0.39, 0.29) is 26.4 Å². The van der Waals surface area contributed by atoms with Crippen LogP contribution in [-0.2, 0) is 49.9 Å². The molecule has 4 rings (SSSR count). The molecule has 0 saturated heterocycles. The molecule has 4 aromatic carbocycles. The molecule has 0 spiro atoms. The summed E-state index contributed by atoms with van der Waals surface area (Å²) in [6.07, 6.45) is 0. The summed E-state index contributed by atoms with van der Waals surface area (Å²) >= 11 is 0. The molecule has 0 aliphatic rings. The smallest absolute Gasteiger partial charge is 0.466 e. The quantitative estimate of drug-likeness (QED) is 0.120. The molecule has 0 radical (unpaired) electrons. The van der Waals surface area contributed by atoms with Crippen molar-refractivity contribution < 1.29 is 42.7 Å². The Kier molecular flexibility index (Phi) is 11.7. The Morgan fingerprint density at radius 2 is 0.581 bits per heavy atom. The molecular weight excluding hydrogens is 550 g/mol. The molecule has 4 aromatic rings. The highest BCUT2D eigenvalue weighted by Crippen LogP contribution is 2.12. The molecule has 0 N–H and O–H groups in total. The van der Waals surface area contributed by atoms with Crippen molar-refractivity contribution in [2.45, 2.75) is 26.4 Å². The van der Waals surface area contributed by atoms with E-state index in [9.17, 15) is 19.2 Å². The molecule has 0 unspecified atom stereocenters. The van der Waals surface area contributed by atoms with E-state index in [1.807, 2.05) is 0 Å². The molecule has 0 saturated carbocycles. The third kappa shape index (κ3) is 10.0. The maximum absolute atomic E-state index is 13.2. The lowest BCUT2D eigenvalue weighted by Crippen LogP contribution is -2.50. The van der Waals surface area contributed by atoms with E-state index in [0.717, 1.165) is 0 Å². The van der Waals surface area contributed by atoms with Crippen molar-refractivity contribution in [1.82, 2.24) is 0 Å². The number of carbonyl (C=O) groups excluding carboxylic acids is 4. The van der Waals surface area contributed by atoms with Gasteiger partial charge < -0.3 is 23.5 Å². The lowest BCUT2D eigenvalue weighted by molar-refractivity contribution is 0.146. The van der Waals surface area contributed by atoms with Crippen molar-refractivity contribution in [3.63, 3.8) is 0 Å². The van der Waals surface area contributed by atoms with E-state index < -0.39 is 37.3 Å². The van der Waals surface area contributed by atoms with Crippen molar-refractivity contribution in [3.8, 4) is 0 Å². The second-order valence-electron chi connectivity index (χ2n) is 9.27. The van der Waals surface area contributed by atoms with Gasteiger partial charge in [-0.15, -0.1) is 0 Å². The van der Waals surface area contributed by atoms with Crippen molar-refractivity contribution in [1.29, 1.82) is 0 Å². The van der Waals surface area contributed by atoms with Crippen LogP contribution in [0.1, 0.15) is 22.3 Å². The molecule has 9 nitrogen and oxygen atoms in total. The summed E-state index contributed by atoms with van der Waals surface area (Å²) in [6, 6.07) is 35.0. The summed E-state index contributed by atoms with van der Waals surface area (Å²) in [7, 11) is 0. The van der Waals surface area contributed by atoms with Crippen LogP contribution in [0.2, 0.25) is 0 Å². The van der Waals surface area contributed by atoms with Gasteiger partial charge in [0, 0.05) is 0 Å². The molecule has 0 aliphatic carbocycles. The molecule has 0 atom stereocenters. The number of benzene rings is 4. The van der Waals surface area contributed by atoms with Gasteiger partial charge in [0.2, 0.25) is 0 Å². The van der Waals surface area contributed by atoms with Crippen molar-refractivity contribution in [3.05, 3.63) is 144 Å². The summed E-state index contributed by atoms with van der Waals surface area (Å²) in [6.45, 7) is -4.93. The Morgan fingerprint density at radius 3 is 0.791 bits per heavy atom. The number of rotatable bonds is 14. The first-order valence-corrected chi connectivity index (χ1v) is 13.5. The Hall–Kier alpha value is -5.15. The predicted octanol–water partition coefficient (Wildman–Crippen LogP) is 6.66. The van der Waals surface area contributed by atoms with Gasteiger partial charge in [0.25, 0.3) is 0 Å². The van der Waals surface area contributed by atoms with Crippen LogP contribution < -0.4 is 0 Å². The number of hydrogen-bond donors (Lipinski definition) is 0. The average molecular weight is 578 g/mol. The van der Waals surface area contributed by atoms with Gasteiger partial charge in [0.1, 0.15) is 26.4 Å². The van der Waals surface area contributed by atoms with Crippen molar-refractivity contribution in [2.24, 2.45) is 0 Å². The molecule has 0 fully saturated rings. The molecule has 0 heterocycles. The number of carbonyl (C=O) groups is 4. The zero-order valence-corrected chi connectivity index (χ0v) is 23.2. The fraction of sp³-hybridized carbons (Fsp3) is 0.125. The summed E-state index contributed by atoms with van der Waals surface area (Å²) in [5, 5.41) is 0. The highest BCUT2D eigenvalue weighted by molar-refractivity contribution is 7.15. The molecule has 216 valence electrons. The zero-order chi connectivity index (χ0) is 30.3. The van der Waals surface area contributed by atoms with E-state index in [1.165, 1.54) is 0 Å². The molecule has 0 amide bonds. The second kappa shape index (κ2) is 16.3.